The number of anilines is 2. The van der Waals surface area contributed by atoms with Crippen LogP contribution in [0.2, 0.25) is 0 Å². The van der Waals surface area contributed by atoms with Crippen LogP contribution in [0.15, 0.2) is 30.6 Å². The summed E-state index contributed by atoms with van der Waals surface area (Å²) < 4.78 is 10.5. The Hall–Kier alpha value is -2.83. The molecule has 0 atom stereocenters. The van der Waals surface area contributed by atoms with E-state index < -0.39 is 0 Å². The Morgan fingerprint density at radius 1 is 1.16 bits per heavy atom. The molecule has 1 heterocycles. The van der Waals surface area contributed by atoms with Crippen molar-refractivity contribution in [3.05, 3.63) is 36.3 Å². The number of benzene rings is 1. The van der Waals surface area contributed by atoms with Crippen LogP contribution in [0.5, 0.6) is 11.5 Å². The van der Waals surface area contributed by atoms with Crippen LogP contribution in [0.4, 0.5) is 11.5 Å². The van der Waals surface area contributed by atoms with E-state index in [9.17, 15) is 4.79 Å². The zero-order chi connectivity index (χ0) is 18.2. The minimum atomic E-state index is -0.119. The monoisotopic (exact) mass is 344 g/mol. The number of hydrogen-bond donors (Lipinski definition) is 1. The van der Waals surface area contributed by atoms with Gasteiger partial charge in [-0.25, -0.2) is 9.97 Å². The molecule has 0 spiro atoms. The lowest BCUT2D eigenvalue weighted by Crippen LogP contribution is -2.28. The topological polar surface area (TPSA) is 76.6 Å². The molecule has 1 aromatic heterocycles. The maximum Gasteiger partial charge on any atom is 0.272 e. The van der Waals surface area contributed by atoms with Crippen molar-refractivity contribution in [2.45, 2.75) is 19.8 Å². The van der Waals surface area contributed by atoms with Gasteiger partial charge in [-0.05, 0) is 18.6 Å². The highest BCUT2D eigenvalue weighted by molar-refractivity contribution is 5.92. The van der Waals surface area contributed by atoms with Gasteiger partial charge in [-0.2, -0.15) is 0 Å². The van der Waals surface area contributed by atoms with E-state index in [1.54, 1.807) is 44.4 Å². The highest BCUT2D eigenvalue weighted by atomic mass is 16.5. The van der Waals surface area contributed by atoms with Crippen molar-refractivity contribution < 1.29 is 14.3 Å². The Morgan fingerprint density at radius 3 is 2.60 bits per heavy atom. The van der Waals surface area contributed by atoms with E-state index in [1.165, 1.54) is 6.33 Å². The van der Waals surface area contributed by atoms with E-state index in [2.05, 4.69) is 22.2 Å². The number of ether oxygens (including phenoxy) is 2. The fourth-order valence-corrected chi connectivity index (χ4v) is 2.30. The number of amides is 1. The summed E-state index contributed by atoms with van der Waals surface area (Å²) in [6.07, 6.45) is 3.38. The van der Waals surface area contributed by atoms with Crippen molar-refractivity contribution >= 4 is 17.4 Å². The molecule has 1 aromatic carbocycles. The fraction of sp³-hybridized carbons (Fsp3) is 0.389. The van der Waals surface area contributed by atoms with Gasteiger partial charge in [-0.1, -0.05) is 13.3 Å². The average molecular weight is 344 g/mol. The number of rotatable bonds is 8. The number of methoxy groups -OCH3 is 2. The molecule has 1 N–H and O–H groups in total. The van der Waals surface area contributed by atoms with E-state index in [0.717, 1.165) is 18.5 Å². The molecule has 0 aliphatic carbocycles. The molecule has 0 aliphatic rings. The standard InChI is InChI=1S/C18H24N4O3/c1-5-6-9-22(2)18(23)14-11-17(20-12-19-14)21-13-7-8-15(24-3)16(10-13)25-4/h7-8,10-12H,5-6,9H2,1-4H3,(H,19,20,21). The van der Waals surface area contributed by atoms with Gasteiger partial charge in [0.2, 0.25) is 0 Å². The minimum Gasteiger partial charge on any atom is -0.493 e. The molecule has 0 saturated carbocycles. The first-order chi connectivity index (χ1) is 12.1. The zero-order valence-corrected chi connectivity index (χ0v) is 15.1. The molecular weight excluding hydrogens is 320 g/mol. The van der Waals surface area contributed by atoms with Gasteiger partial charge < -0.3 is 19.7 Å². The van der Waals surface area contributed by atoms with Gasteiger partial charge in [0, 0.05) is 31.4 Å². The van der Waals surface area contributed by atoms with Crippen LogP contribution in [0.1, 0.15) is 30.3 Å². The van der Waals surface area contributed by atoms with Crippen LogP contribution in [0.25, 0.3) is 0 Å². The maximum absolute atomic E-state index is 12.4. The van der Waals surface area contributed by atoms with Crippen molar-refractivity contribution in [3.8, 4) is 11.5 Å². The second-order valence-electron chi connectivity index (χ2n) is 5.56. The predicted molar refractivity (Wildman–Crippen MR) is 96.7 cm³/mol. The van der Waals surface area contributed by atoms with E-state index in [0.29, 0.717) is 29.6 Å². The van der Waals surface area contributed by atoms with Gasteiger partial charge in [-0.15, -0.1) is 0 Å². The Bertz CT molecular complexity index is 721. The molecule has 7 heteroatoms. The molecule has 7 nitrogen and oxygen atoms in total. The lowest BCUT2D eigenvalue weighted by Gasteiger charge is -2.16. The fourth-order valence-electron chi connectivity index (χ4n) is 2.30. The van der Waals surface area contributed by atoms with Crippen LogP contribution in [0, 0.1) is 0 Å². The van der Waals surface area contributed by atoms with E-state index in [-0.39, 0.29) is 5.91 Å². The van der Waals surface area contributed by atoms with Crippen LogP contribution in [-0.4, -0.2) is 48.6 Å². The first-order valence-electron chi connectivity index (χ1n) is 8.15. The highest BCUT2D eigenvalue weighted by Crippen LogP contribution is 2.30. The molecule has 0 radical (unpaired) electrons. The van der Waals surface area contributed by atoms with E-state index in [1.807, 2.05) is 6.07 Å². The van der Waals surface area contributed by atoms with Crippen molar-refractivity contribution in [2.75, 3.05) is 33.1 Å². The van der Waals surface area contributed by atoms with Crippen LogP contribution >= 0.6 is 0 Å². The molecule has 2 rings (SSSR count). The molecule has 25 heavy (non-hydrogen) atoms. The van der Waals surface area contributed by atoms with Gasteiger partial charge >= 0.3 is 0 Å². The molecular formula is C18H24N4O3. The smallest absolute Gasteiger partial charge is 0.272 e. The first-order valence-corrected chi connectivity index (χ1v) is 8.15. The summed E-state index contributed by atoms with van der Waals surface area (Å²) >= 11 is 0. The van der Waals surface area contributed by atoms with Gasteiger partial charge in [0.05, 0.1) is 14.2 Å². The normalized spacial score (nSPS) is 10.2. The summed E-state index contributed by atoms with van der Waals surface area (Å²) in [6.45, 7) is 2.80. The zero-order valence-electron chi connectivity index (χ0n) is 15.1. The number of carbonyl (C=O) groups excluding carboxylic acids is 1. The summed E-state index contributed by atoms with van der Waals surface area (Å²) in [5, 5.41) is 3.15. The third-order valence-electron chi connectivity index (χ3n) is 3.74. The Balaban J connectivity index is 2.15. The van der Waals surface area contributed by atoms with Gasteiger partial charge in [-0.3, -0.25) is 4.79 Å². The summed E-state index contributed by atoms with van der Waals surface area (Å²) in [4.78, 5) is 22.3. The van der Waals surface area contributed by atoms with Gasteiger partial charge in [0.1, 0.15) is 17.8 Å². The number of hydrogen-bond acceptors (Lipinski definition) is 6. The molecule has 0 unspecified atom stereocenters. The number of carbonyl (C=O) groups is 1. The van der Waals surface area contributed by atoms with Gasteiger partial charge in [0.15, 0.2) is 11.5 Å². The van der Waals surface area contributed by atoms with Crippen molar-refractivity contribution in [2.24, 2.45) is 0 Å². The predicted octanol–water partition coefficient (Wildman–Crippen LogP) is 3.11. The summed E-state index contributed by atoms with van der Waals surface area (Å²) in [7, 11) is 4.94. The summed E-state index contributed by atoms with van der Waals surface area (Å²) in [5.74, 6) is 1.67. The molecule has 0 saturated heterocycles. The van der Waals surface area contributed by atoms with E-state index in [4.69, 9.17) is 9.47 Å². The second kappa shape index (κ2) is 8.86. The van der Waals surface area contributed by atoms with Crippen LogP contribution in [0.3, 0.4) is 0 Å². The van der Waals surface area contributed by atoms with Crippen LogP contribution < -0.4 is 14.8 Å². The van der Waals surface area contributed by atoms with Gasteiger partial charge in [0.25, 0.3) is 5.91 Å². The SMILES string of the molecule is CCCCN(C)C(=O)c1cc(Nc2ccc(OC)c(OC)c2)ncn1. The lowest BCUT2D eigenvalue weighted by molar-refractivity contribution is 0.0787. The average Bonchev–Trinajstić information content (AvgIpc) is 2.65. The molecule has 0 bridgehead atoms. The maximum atomic E-state index is 12.4. The van der Waals surface area contributed by atoms with Crippen molar-refractivity contribution in [1.29, 1.82) is 0 Å². The second-order valence-corrected chi connectivity index (χ2v) is 5.56. The summed E-state index contributed by atoms with van der Waals surface area (Å²) in [6, 6.07) is 7.09. The number of unbranched alkanes of at least 4 members (excludes halogenated alkanes) is 1. The lowest BCUT2D eigenvalue weighted by atomic mass is 10.2. The molecule has 134 valence electrons. The third kappa shape index (κ3) is 4.82. The molecule has 0 aliphatic heterocycles. The number of nitrogens with one attached hydrogen (secondary N) is 1. The van der Waals surface area contributed by atoms with Crippen molar-refractivity contribution in [1.82, 2.24) is 14.9 Å². The van der Waals surface area contributed by atoms with Crippen molar-refractivity contribution in [3.63, 3.8) is 0 Å². The molecule has 0 fully saturated rings. The molecule has 1 amide bonds. The number of aromatic nitrogens is 2. The van der Waals surface area contributed by atoms with Crippen LogP contribution in [-0.2, 0) is 0 Å². The third-order valence-corrected chi connectivity index (χ3v) is 3.74. The Kier molecular flexibility index (Phi) is 6.56. The van der Waals surface area contributed by atoms with E-state index >= 15 is 0 Å². The largest absolute Gasteiger partial charge is 0.493 e. The Labute approximate surface area is 148 Å². The highest BCUT2D eigenvalue weighted by Gasteiger charge is 2.14. The number of nitrogens with zero attached hydrogens (tertiary/aromatic N) is 3. The molecule has 2 aromatic rings. The Morgan fingerprint density at radius 2 is 1.92 bits per heavy atom. The minimum absolute atomic E-state index is 0.119. The first kappa shape index (κ1) is 18.5. The summed E-state index contributed by atoms with van der Waals surface area (Å²) in [5.41, 5.74) is 1.13. The quantitative estimate of drug-likeness (QED) is 0.793.